The SMILES string of the molecule is NC(c1ccc2c(c1)CCC(=O)N2)c1cc(Br)c(Br)s1. The van der Waals surface area contributed by atoms with E-state index in [1.165, 1.54) is 0 Å². The topological polar surface area (TPSA) is 55.1 Å². The minimum atomic E-state index is -0.148. The molecule has 3 rings (SSSR count). The molecule has 1 aromatic carbocycles. The molecule has 1 amide bonds. The lowest BCUT2D eigenvalue weighted by Gasteiger charge is -2.19. The second-order valence-electron chi connectivity index (χ2n) is 4.71. The van der Waals surface area contributed by atoms with Crippen molar-refractivity contribution in [3.05, 3.63) is 48.5 Å². The zero-order valence-electron chi connectivity index (χ0n) is 10.5. The van der Waals surface area contributed by atoms with Gasteiger partial charge < -0.3 is 11.1 Å². The molecule has 2 aromatic rings. The molecule has 104 valence electrons. The van der Waals surface area contributed by atoms with Crippen LogP contribution in [0.15, 0.2) is 32.5 Å². The molecule has 0 bridgehead atoms. The van der Waals surface area contributed by atoms with Gasteiger partial charge in [0.15, 0.2) is 0 Å². The number of hydrogen-bond acceptors (Lipinski definition) is 3. The average Bonchev–Trinajstić information content (AvgIpc) is 2.77. The van der Waals surface area contributed by atoms with Crippen LogP contribution in [0, 0.1) is 0 Å². The molecule has 0 spiro atoms. The van der Waals surface area contributed by atoms with E-state index in [9.17, 15) is 4.79 Å². The molecule has 3 N–H and O–H groups in total. The summed E-state index contributed by atoms with van der Waals surface area (Å²) in [6.07, 6.45) is 1.32. The van der Waals surface area contributed by atoms with E-state index in [-0.39, 0.29) is 11.9 Å². The van der Waals surface area contributed by atoms with Gasteiger partial charge in [0.25, 0.3) is 0 Å². The van der Waals surface area contributed by atoms with E-state index in [1.807, 2.05) is 18.2 Å². The molecule has 1 aromatic heterocycles. The van der Waals surface area contributed by atoms with Crippen LogP contribution in [-0.2, 0) is 11.2 Å². The van der Waals surface area contributed by atoms with Crippen LogP contribution >= 0.6 is 43.2 Å². The largest absolute Gasteiger partial charge is 0.326 e. The van der Waals surface area contributed by atoms with Crippen molar-refractivity contribution in [3.63, 3.8) is 0 Å². The van der Waals surface area contributed by atoms with E-state index in [4.69, 9.17) is 5.73 Å². The summed E-state index contributed by atoms with van der Waals surface area (Å²) in [5.41, 5.74) is 9.48. The molecule has 0 saturated heterocycles. The number of rotatable bonds is 2. The molecule has 6 heteroatoms. The maximum atomic E-state index is 11.4. The van der Waals surface area contributed by atoms with Gasteiger partial charge in [-0.15, -0.1) is 11.3 Å². The van der Waals surface area contributed by atoms with Crippen LogP contribution in [0.2, 0.25) is 0 Å². The predicted molar refractivity (Wildman–Crippen MR) is 89.1 cm³/mol. The lowest BCUT2D eigenvalue weighted by Crippen LogP contribution is -2.19. The Morgan fingerprint density at radius 1 is 1.25 bits per heavy atom. The number of carbonyl (C=O) groups excluding carboxylic acids is 1. The molecule has 3 nitrogen and oxygen atoms in total. The fourth-order valence-corrected chi connectivity index (χ4v) is 4.40. The highest BCUT2D eigenvalue weighted by Gasteiger charge is 2.18. The predicted octanol–water partition coefficient (Wildman–Crippen LogP) is 4.21. The van der Waals surface area contributed by atoms with Gasteiger partial charge in [0.1, 0.15) is 0 Å². The minimum Gasteiger partial charge on any atom is -0.326 e. The first-order valence-corrected chi connectivity index (χ1v) is 8.58. The first-order chi connectivity index (χ1) is 9.54. The smallest absolute Gasteiger partial charge is 0.224 e. The van der Waals surface area contributed by atoms with Gasteiger partial charge >= 0.3 is 0 Å². The summed E-state index contributed by atoms with van der Waals surface area (Å²) >= 11 is 8.61. The molecule has 1 aliphatic heterocycles. The van der Waals surface area contributed by atoms with Crippen molar-refractivity contribution in [2.45, 2.75) is 18.9 Å². The van der Waals surface area contributed by atoms with Gasteiger partial charge in [0.05, 0.1) is 9.83 Å². The Morgan fingerprint density at radius 2 is 2.05 bits per heavy atom. The Kier molecular flexibility index (Phi) is 3.99. The van der Waals surface area contributed by atoms with Crippen molar-refractivity contribution in [2.24, 2.45) is 5.73 Å². The summed E-state index contributed by atoms with van der Waals surface area (Å²) in [5, 5.41) is 2.89. The number of amides is 1. The monoisotopic (exact) mass is 414 g/mol. The number of nitrogens with two attached hydrogens (primary N) is 1. The first kappa shape index (κ1) is 14.3. The average molecular weight is 416 g/mol. The lowest BCUT2D eigenvalue weighted by molar-refractivity contribution is -0.116. The highest BCUT2D eigenvalue weighted by atomic mass is 79.9. The number of anilines is 1. The fraction of sp³-hybridized carbons (Fsp3) is 0.214. The molecule has 0 aliphatic carbocycles. The number of aryl methyl sites for hydroxylation is 1. The van der Waals surface area contributed by atoms with E-state index in [0.29, 0.717) is 6.42 Å². The molecule has 1 aliphatic rings. The van der Waals surface area contributed by atoms with E-state index in [1.54, 1.807) is 11.3 Å². The van der Waals surface area contributed by atoms with Gasteiger partial charge in [-0.3, -0.25) is 4.79 Å². The van der Waals surface area contributed by atoms with Crippen molar-refractivity contribution in [1.82, 2.24) is 0 Å². The zero-order chi connectivity index (χ0) is 14.3. The van der Waals surface area contributed by atoms with Gasteiger partial charge in [-0.2, -0.15) is 0 Å². The molecule has 2 heterocycles. The van der Waals surface area contributed by atoms with Crippen LogP contribution in [0.3, 0.4) is 0 Å². The third-order valence-corrected chi connectivity index (χ3v) is 6.69. The number of benzene rings is 1. The molecular formula is C14H12Br2N2OS. The maximum Gasteiger partial charge on any atom is 0.224 e. The van der Waals surface area contributed by atoms with Crippen molar-refractivity contribution < 1.29 is 4.79 Å². The zero-order valence-corrected chi connectivity index (χ0v) is 14.4. The number of fused-ring (bicyclic) bond motifs is 1. The summed E-state index contributed by atoms with van der Waals surface area (Å²) < 4.78 is 2.08. The van der Waals surface area contributed by atoms with Crippen molar-refractivity contribution in [3.8, 4) is 0 Å². The quantitative estimate of drug-likeness (QED) is 0.771. The second kappa shape index (κ2) is 5.60. The third-order valence-electron chi connectivity index (χ3n) is 3.35. The minimum absolute atomic E-state index is 0.0840. The van der Waals surface area contributed by atoms with Crippen molar-refractivity contribution in [2.75, 3.05) is 5.32 Å². The maximum absolute atomic E-state index is 11.4. The Labute approximate surface area is 137 Å². The number of nitrogens with one attached hydrogen (secondary N) is 1. The van der Waals surface area contributed by atoms with Gasteiger partial charge in [-0.1, -0.05) is 12.1 Å². The molecule has 1 atom stereocenters. The third kappa shape index (κ3) is 2.70. The van der Waals surface area contributed by atoms with Gasteiger partial charge in [0.2, 0.25) is 5.91 Å². The number of halogens is 2. The Hall–Kier alpha value is -0.690. The van der Waals surface area contributed by atoms with Crippen molar-refractivity contribution in [1.29, 1.82) is 0 Å². The number of carbonyl (C=O) groups is 1. The highest BCUT2D eigenvalue weighted by molar-refractivity contribution is 9.13. The molecule has 1 unspecified atom stereocenters. The van der Waals surface area contributed by atoms with Crippen LogP contribution in [0.5, 0.6) is 0 Å². The molecule has 0 radical (unpaired) electrons. The Morgan fingerprint density at radius 3 is 2.75 bits per heavy atom. The number of thiophene rings is 1. The molecule has 20 heavy (non-hydrogen) atoms. The normalized spacial score (nSPS) is 15.7. The van der Waals surface area contributed by atoms with E-state index in [2.05, 4.69) is 43.2 Å². The number of hydrogen-bond donors (Lipinski definition) is 2. The molecule has 0 saturated carbocycles. The first-order valence-electron chi connectivity index (χ1n) is 6.17. The van der Waals surface area contributed by atoms with Gasteiger partial charge in [-0.05, 0) is 61.5 Å². The van der Waals surface area contributed by atoms with E-state index in [0.717, 1.165) is 36.4 Å². The van der Waals surface area contributed by atoms with Gasteiger partial charge in [0, 0.05) is 21.5 Å². The standard InChI is InChI=1S/C14H12Br2N2OS/c15-9-6-11(20-14(9)16)13(17)8-1-3-10-7(5-8)2-4-12(19)18-10/h1,3,5-6,13H,2,4,17H2,(H,18,19). The fourth-order valence-electron chi connectivity index (χ4n) is 2.28. The second-order valence-corrected chi connectivity index (χ2v) is 7.97. The van der Waals surface area contributed by atoms with Crippen LogP contribution < -0.4 is 11.1 Å². The van der Waals surface area contributed by atoms with Crippen LogP contribution in [0.25, 0.3) is 0 Å². The van der Waals surface area contributed by atoms with Crippen LogP contribution in [0.4, 0.5) is 5.69 Å². The Balaban J connectivity index is 1.92. The summed E-state index contributed by atoms with van der Waals surface area (Å²) in [4.78, 5) is 12.5. The highest BCUT2D eigenvalue weighted by Crippen LogP contribution is 2.37. The van der Waals surface area contributed by atoms with Crippen LogP contribution in [0.1, 0.15) is 28.5 Å². The summed E-state index contributed by atoms with van der Waals surface area (Å²) in [6.45, 7) is 0. The van der Waals surface area contributed by atoms with E-state index >= 15 is 0 Å². The molecular weight excluding hydrogens is 404 g/mol. The Bertz CT molecular complexity index is 664. The van der Waals surface area contributed by atoms with E-state index < -0.39 is 0 Å². The van der Waals surface area contributed by atoms with Crippen LogP contribution in [-0.4, -0.2) is 5.91 Å². The summed E-state index contributed by atoms with van der Waals surface area (Å²) in [5.74, 6) is 0.0840. The summed E-state index contributed by atoms with van der Waals surface area (Å²) in [7, 11) is 0. The lowest BCUT2D eigenvalue weighted by atomic mass is 9.97. The molecule has 0 fully saturated rings. The van der Waals surface area contributed by atoms with Crippen molar-refractivity contribution >= 4 is 54.8 Å². The van der Waals surface area contributed by atoms with Gasteiger partial charge in [-0.25, -0.2) is 0 Å². The summed E-state index contributed by atoms with van der Waals surface area (Å²) in [6, 6.07) is 7.92.